The lowest BCUT2D eigenvalue weighted by Crippen LogP contribution is -2.47. The van der Waals surface area contributed by atoms with Gasteiger partial charge in [-0.05, 0) is 64.5 Å². The molecular weight excluding hydrogens is 588 g/mol. The van der Waals surface area contributed by atoms with Gasteiger partial charge < -0.3 is 14.6 Å². The Morgan fingerprint density at radius 2 is 1.36 bits per heavy atom. The third-order valence-corrected chi connectivity index (χ3v) is 9.96. The molecule has 4 atom stereocenters. The van der Waals surface area contributed by atoms with Gasteiger partial charge in [-0.1, -0.05) is 111 Å². The number of allylic oxidation sites excluding steroid dienone is 15. The van der Waals surface area contributed by atoms with E-state index in [4.69, 9.17) is 9.47 Å². The van der Waals surface area contributed by atoms with E-state index in [2.05, 4.69) is 19.9 Å². The number of carbonyl (C=O) groups is 3. The molecule has 3 rings (SSSR count). The second kappa shape index (κ2) is 14.4. The van der Waals surface area contributed by atoms with Gasteiger partial charge in [-0.2, -0.15) is 0 Å². The van der Waals surface area contributed by atoms with Crippen molar-refractivity contribution in [3.05, 3.63) is 94.7 Å². The van der Waals surface area contributed by atoms with E-state index in [1.165, 1.54) is 6.92 Å². The van der Waals surface area contributed by atoms with Gasteiger partial charge in [-0.25, -0.2) is 0 Å². The van der Waals surface area contributed by atoms with Crippen LogP contribution in [0.3, 0.4) is 0 Å². The summed E-state index contributed by atoms with van der Waals surface area (Å²) in [7, 11) is 0. The molecule has 3 fully saturated rings. The smallest absolute Gasteiger partial charge is 0.302 e. The van der Waals surface area contributed by atoms with Crippen molar-refractivity contribution in [2.45, 2.75) is 131 Å². The Bertz CT molecular complexity index is 1480. The van der Waals surface area contributed by atoms with Gasteiger partial charge in [0.25, 0.3) is 0 Å². The van der Waals surface area contributed by atoms with Crippen molar-refractivity contribution in [1.82, 2.24) is 0 Å². The van der Waals surface area contributed by atoms with Gasteiger partial charge in [0.15, 0.2) is 5.78 Å². The van der Waals surface area contributed by atoms with Crippen molar-refractivity contribution >= 4 is 17.5 Å². The lowest BCUT2D eigenvalue weighted by atomic mass is 9.62. The summed E-state index contributed by atoms with van der Waals surface area (Å²) in [6.07, 6.45) is 23.7. The highest BCUT2D eigenvalue weighted by molar-refractivity contribution is 5.97. The maximum absolute atomic E-state index is 13.1. The third-order valence-electron chi connectivity index (χ3n) is 9.96. The highest BCUT2D eigenvalue weighted by Crippen LogP contribution is 2.66. The lowest BCUT2D eigenvalue weighted by molar-refractivity contribution is -0.152. The molecule has 3 aliphatic rings. The van der Waals surface area contributed by atoms with Crippen LogP contribution in [-0.2, 0) is 23.9 Å². The van der Waals surface area contributed by atoms with Gasteiger partial charge in [0, 0.05) is 38.0 Å². The van der Waals surface area contributed by atoms with Crippen molar-refractivity contribution in [1.29, 1.82) is 0 Å². The number of esters is 1. The second-order valence-corrected chi connectivity index (χ2v) is 15.6. The Morgan fingerprint density at radius 1 is 0.809 bits per heavy atom. The molecule has 1 heterocycles. The molecule has 2 saturated carbocycles. The van der Waals surface area contributed by atoms with Crippen LogP contribution in [0.1, 0.15) is 108 Å². The standard InChI is InChI=1S/C41H56O6/c1-28(18-14-20-30(3)22-36-37(6,7)25-34(46-32(5)42)26-39(36,10)45)16-12-13-17-29(2)19-15-21-31(4)35(44)27-41-38(8,9)23-33(43)24-40(41,11)47-41/h12-22,34,45H,23-27H2,1-11H3/b13-12+,18-14+,19-15+,28-16+,29-17+,30-20+,31-21+,36-22?. The molecule has 0 radical (unpaired) electrons. The van der Waals surface area contributed by atoms with Crippen molar-refractivity contribution in [3.63, 3.8) is 0 Å². The Morgan fingerprint density at radius 3 is 1.89 bits per heavy atom. The second-order valence-electron chi connectivity index (χ2n) is 15.6. The first-order valence-electron chi connectivity index (χ1n) is 16.7. The summed E-state index contributed by atoms with van der Waals surface area (Å²) in [6, 6.07) is 0. The molecule has 0 aromatic rings. The van der Waals surface area contributed by atoms with E-state index in [9.17, 15) is 19.5 Å². The number of fused-ring (bicyclic) bond motifs is 1. The number of ketones is 2. The largest absolute Gasteiger partial charge is 0.462 e. The highest BCUT2D eigenvalue weighted by atomic mass is 16.6. The molecule has 0 aromatic carbocycles. The molecule has 1 N–H and O–H groups in total. The van der Waals surface area contributed by atoms with E-state index >= 15 is 0 Å². The summed E-state index contributed by atoms with van der Waals surface area (Å²) in [5, 5.41) is 11.2. The zero-order valence-corrected chi connectivity index (χ0v) is 30.5. The van der Waals surface area contributed by atoms with Gasteiger partial charge >= 0.3 is 5.97 Å². The van der Waals surface area contributed by atoms with E-state index < -0.39 is 16.8 Å². The van der Waals surface area contributed by atoms with Crippen molar-refractivity contribution in [2.24, 2.45) is 10.8 Å². The van der Waals surface area contributed by atoms with Crippen molar-refractivity contribution in [3.8, 4) is 0 Å². The Labute approximate surface area is 282 Å². The number of epoxide rings is 1. The Hall–Kier alpha value is -3.35. The zero-order chi connectivity index (χ0) is 35.4. The van der Waals surface area contributed by atoms with Gasteiger partial charge in [0.1, 0.15) is 23.1 Å². The fourth-order valence-corrected chi connectivity index (χ4v) is 7.59. The number of hydrogen-bond acceptors (Lipinski definition) is 6. The van der Waals surface area contributed by atoms with E-state index in [1.807, 2.05) is 109 Å². The Kier molecular flexibility index (Phi) is 11.7. The molecule has 6 heteroatoms. The first-order valence-corrected chi connectivity index (χ1v) is 16.7. The molecule has 4 unspecified atom stereocenters. The average molecular weight is 645 g/mol. The van der Waals surface area contributed by atoms with E-state index in [0.29, 0.717) is 37.7 Å². The zero-order valence-electron chi connectivity index (χ0n) is 30.5. The molecule has 6 nitrogen and oxygen atoms in total. The normalized spacial score (nSPS) is 32.4. The fourth-order valence-electron chi connectivity index (χ4n) is 7.59. The summed E-state index contributed by atoms with van der Waals surface area (Å²) in [4.78, 5) is 36.7. The SMILES string of the molecule is CC(=O)OC1CC(C)(C)C(=C/C(C)=C/C=C/C(C)=C/C=C/C=C(C)/C=C/C=C(\C)C(=O)CC23OC2(C)CC(=O)CC3(C)C)C(C)(O)C1. The van der Waals surface area contributed by atoms with Crippen LogP contribution >= 0.6 is 0 Å². The third kappa shape index (κ3) is 9.39. The number of aliphatic hydroxyl groups is 1. The van der Waals surface area contributed by atoms with Crippen molar-refractivity contribution in [2.75, 3.05) is 0 Å². The van der Waals surface area contributed by atoms with Crippen LogP contribution in [0, 0.1) is 10.8 Å². The molecule has 0 bridgehead atoms. The van der Waals surface area contributed by atoms with Gasteiger partial charge in [0.05, 0.1) is 5.60 Å². The lowest BCUT2D eigenvalue weighted by Gasteiger charge is -2.46. The predicted molar refractivity (Wildman–Crippen MR) is 190 cm³/mol. The van der Waals surface area contributed by atoms with Crippen LogP contribution in [0.5, 0.6) is 0 Å². The molecule has 2 aliphatic carbocycles. The van der Waals surface area contributed by atoms with E-state index in [0.717, 1.165) is 22.3 Å². The van der Waals surface area contributed by atoms with Crippen LogP contribution in [0.4, 0.5) is 0 Å². The molecule has 0 aromatic heterocycles. The number of Topliss-reactive ketones (excluding diaryl/α,β-unsaturated/α-hetero) is 2. The molecule has 256 valence electrons. The van der Waals surface area contributed by atoms with Crippen LogP contribution < -0.4 is 0 Å². The molecule has 1 aliphatic heterocycles. The highest BCUT2D eigenvalue weighted by Gasteiger charge is 2.76. The summed E-state index contributed by atoms with van der Waals surface area (Å²) >= 11 is 0. The first kappa shape index (κ1) is 38.1. The topological polar surface area (TPSA) is 93.2 Å². The first-order chi connectivity index (χ1) is 21.6. The quantitative estimate of drug-likeness (QED) is 0.105. The van der Waals surface area contributed by atoms with Crippen LogP contribution in [0.15, 0.2) is 94.7 Å². The minimum Gasteiger partial charge on any atom is -0.462 e. The average Bonchev–Trinajstić information content (AvgIpc) is 3.52. The molecular formula is C41H56O6. The van der Waals surface area contributed by atoms with Crippen LogP contribution in [-0.4, -0.2) is 45.5 Å². The number of hydrogen-bond donors (Lipinski definition) is 1. The minimum atomic E-state index is -1.06. The fraction of sp³-hybridized carbons (Fsp3) is 0.537. The number of carbonyl (C=O) groups excluding carboxylic acids is 3. The van der Waals surface area contributed by atoms with Gasteiger partial charge in [0.2, 0.25) is 0 Å². The molecule has 0 spiro atoms. The van der Waals surface area contributed by atoms with Gasteiger partial charge in [-0.3, -0.25) is 14.4 Å². The summed E-state index contributed by atoms with van der Waals surface area (Å²) in [5.41, 5.74) is 1.97. The maximum Gasteiger partial charge on any atom is 0.302 e. The van der Waals surface area contributed by atoms with Gasteiger partial charge in [-0.15, -0.1) is 0 Å². The number of rotatable bonds is 11. The van der Waals surface area contributed by atoms with E-state index in [-0.39, 0.29) is 34.5 Å². The summed E-state index contributed by atoms with van der Waals surface area (Å²) in [6.45, 7) is 21.3. The molecule has 47 heavy (non-hydrogen) atoms. The Balaban J connectivity index is 1.54. The summed E-state index contributed by atoms with van der Waals surface area (Å²) < 4.78 is 11.6. The maximum atomic E-state index is 13.1. The summed E-state index contributed by atoms with van der Waals surface area (Å²) in [5.74, 6) is -0.0591. The van der Waals surface area contributed by atoms with Crippen LogP contribution in [0.25, 0.3) is 0 Å². The predicted octanol–water partition coefficient (Wildman–Crippen LogP) is 8.75. The minimum absolute atomic E-state index is 0.0526. The van der Waals surface area contributed by atoms with Crippen molar-refractivity contribution < 1.29 is 29.0 Å². The molecule has 1 saturated heterocycles. The van der Waals surface area contributed by atoms with E-state index in [1.54, 1.807) is 6.92 Å². The van der Waals surface area contributed by atoms with Crippen LogP contribution in [0.2, 0.25) is 0 Å². The monoisotopic (exact) mass is 644 g/mol. The number of ether oxygens (including phenoxy) is 2. The molecule has 0 amide bonds.